The van der Waals surface area contributed by atoms with Crippen LogP contribution in [-0.4, -0.2) is 14.1 Å². The predicted octanol–water partition coefficient (Wildman–Crippen LogP) is 14.1. The molecule has 8 aromatic carbocycles. The number of fused-ring (bicyclic) bond motifs is 6. The average Bonchev–Trinajstić information content (AvgIpc) is 3.81. The summed E-state index contributed by atoms with van der Waals surface area (Å²) < 4.78 is 4.82. The van der Waals surface area contributed by atoms with Crippen molar-refractivity contribution in [3.8, 4) is 33.6 Å². The molecule has 4 heteroatoms. The first kappa shape index (κ1) is 32.7. The molecule has 0 aliphatic rings. The van der Waals surface area contributed by atoms with Crippen LogP contribution in [0.4, 0.5) is 17.1 Å². The van der Waals surface area contributed by atoms with Gasteiger partial charge in [0.05, 0.1) is 22.1 Å². The van der Waals surface area contributed by atoms with E-state index in [9.17, 15) is 0 Å². The molecule has 0 unspecified atom stereocenters. The summed E-state index contributed by atoms with van der Waals surface area (Å²) in [6.45, 7) is 0. The van der Waals surface area contributed by atoms with Crippen molar-refractivity contribution >= 4 is 60.7 Å². The number of aromatic nitrogens is 3. The number of hydrogen-bond donors (Lipinski definition) is 0. The third-order valence-corrected chi connectivity index (χ3v) is 11.1. The second-order valence-corrected chi connectivity index (χ2v) is 14.5. The van der Waals surface area contributed by atoms with Gasteiger partial charge >= 0.3 is 0 Å². The molecule has 11 aromatic rings. The molecule has 0 saturated carbocycles. The maximum atomic E-state index is 4.85. The van der Waals surface area contributed by atoms with Crippen LogP contribution in [0.3, 0.4) is 0 Å². The molecule has 0 radical (unpaired) electrons. The van der Waals surface area contributed by atoms with Crippen LogP contribution in [0.25, 0.3) is 77.2 Å². The molecule has 11 rings (SSSR count). The van der Waals surface area contributed by atoms with Gasteiger partial charge in [0.2, 0.25) is 0 Å². The fraction of sp³-hybridized carbons (Fsp3) is 0. The zero-order valence-electron chi connectivity index (χ0n) is 31.1. The predicted molar refractivity (Wildman–Crippen MR) is 238 cm³/mol. The minimum absolute atomic E-state index is 1.05. The van der Waals surface area contributed by atoms with Crippen molar-refractivity contribution in [2.75, 3.05) is 4.90 Å². The van der Waals surface area contributed by atoms with Crippen LogP contribution in [0.15, 0.2) is 219 Å². The summed E-state index contributed by atoms with van der Waals surface area (Å²) in [7, 11) is 0. The second kappa shape index (κ2) is 13.6. The Morgan fingerprint density at radius 1 is 0.298 bits per heavy atom. The molecule has 0 spiro atoms. The minimum Gasteiger partial charge on any atom is -0.311 e. The van der Waals surface area contributed by atoms with Crippen LogP contribution >= 0.6 is 0 Å². The van der Waals surface area contributed by atoms with E-state index in [0.717, 1.165) is 50.7 Å². The molecule has 3 aromatic heterocycles. The summed E-state index contributed by atoms with van der Waals surface area (Å²) in [6.07, 6.45) is 3.96. The van der Waals surface area contributed by atoms with Crippen LogP contribution in [0.2, 0.25) is 0 Å². The standard InChI is InChI=1S/C53H36N4/c1-3-15-41(16-4-1)55(42-17-5-2-6-18-42)43-29-27-37(28-30-43)39-31-40(36-54-35-39)38-32-44(56-50-23-11-7-19-46(50)47-20-8-12-24-51(47)56)34-45(33-38)57-52-25-13-9-21-48(52)49-22-10-14-26-53(49)57/h1-36H. The number of hydrogen-bond acceptors (Lipinski definition) is 2. The van der Waals surface area contributed by atoms with Crippen molar-refractivity contribution in [3.63, 3.8) is 0 Å². The molecule has 57 heavy (non-hydrogen) atoms. The fourth-order valence-electron chi connectivity index (χ4n) is 8.58. The maximum absolute atomic E-state index is 4.85. The zero-order valence-corrected chi connectivity index (χ0v) is 31.1. The Morgan fingerprint density at radius 2 is 0.667 bits per heavy atom. The second-order valence-electron chi connectivity index (χ2n) is 14.5. The molecular formula is C53H36N4. The Hall–Kier alpha value is -7.69. The molecule has 0 atom stereocenters. The number of anilines is 3. The fourth-order valence-corrected chi connectivity index (χ4v) is 8.58. The van der Waals surface area contributed by atoms with Crippen molar-refractivity contribution in [1.82, 2.24) is 14.1 Å². The number of pyridine rings is 1. The van der Waals surface area contributed by atoms with E-state index >= 15 is 0 Å². The van der Waals surface area contributed by atoms with Crippen molar-refractivity contribution < 1.29 is 0 Å². The van der Waals surface area contributed by atoms with Crippen LogP contribution in [-0.2, 0) is 0 Å². The zero-order chi connectivity index (χ0) is 37.7. The number of para-hydroxylation sites is 6. The Kier molecular flexibility index (Phi) is 7.78. The maximum Gasteiger partial charge on any atom is 0.0541 e. The Bertz CT molecular complexity index is 2950. The van der Waals surface area contributed by atoms with Gasteiger partial charge in [-0.3, -0.25) is 4.98 Å². The number of rotatable bonds is 7. The van der Waals surface area contributed by atoms with Crippen LogP contribution in [0, 0.1) is 0 Å². The van der Waals surface area contributed by atoms with Crippen molar-refractivity contribution in [2.45, 2.75) is 0 Å². The lowest BCUT2D eigenvalue weighted by Gasteiger charge is -2.25. The van der Waals surface area contributed by atoms with E-state index in [2.05, 4.69) is 220 Å². The van der Waals surface area contributed by atoms with Gasteiger partial charge in [-0.2, -0.15) is 0 Å². The highest BCUT2D eigenvalue weighted by Gasteiger charge is 2.18. The SMILES string of the molecule is c1ccc(N(c2ccccc2)c2ccc(-c3cncc(-c4cc(-n5c6ccccc6c6ccccc65)cc(-n5c6ccccc6c6ccccc65)c4)c3)cc2)cc1. The highest BCUT2D eigenvalue weighted by atomic mass is 15.1. The summed E-state index contributed by atoms with van der Waals surface area (Å²) in [6, 6.07) is 73.9. The lowest BCUT2D eigenvalue weighted by molar-refractivity contribution is 1.13. The van der Waals surface area contributed by atoms with Gasteiger partial charge in [0, 0.05) is 73.5 Å². The van der Waals surface area contributed by atoms with Crippen molar-refractivity contribution in [2.24, 2.45) is 0 Å². The molecular weight excluding hydrogens is 693 g/mol. The van der Waals surface area contributed by atoms with Gasteiger partial charge in [-0.15, -0.1) is 0 Å². The van der Waals surface area contributed by atoms with Crippen LogP contribution in [0.5, 0.6) is 0 Å². The first-order chi connectivity index (χ1) is 28.3. The van der Waals surface area contributed by atoms with E-state index in [4.69, 9.17) is 4.98 Å². The largest absolute Gasteiger partial charge is 0.311 e. The molecule has 0 saturated heterocycles. The summed E-state index contributed by atoms with van der Waals surface area (Å²) in [5, 5.41) is 4.95. The van der Waals surface area contributed by atoms with E-state index in [1.54, 1.807) is 0 Å². The molecule has 0 aliphatic heterocycles. The van der Waals surface area contributed by atoms with Gasteiger partial charge in [-0.05, 0) is 96.1 Å². The highest BCUT2D eigenvalue weighted by molar-refractivity contribution is 6.10. The smallest absolute Gasteiger partial charge is 0.0541 e. The van der Waals surface area contributed by atoms with Crippen molar-refractivity contribution in [3.05, 3.63) is 219 Å². The van der Waals surface area contributed by atoms with E-state index < -0.39 is 0 Å². The van der Waals surface area contributed by atoms with Gasteiger partial charge in [0.25, 0.3) is 0 Å². The highest BCUT2D eigenvalue weighted by Crippen LogP contribution is 2.39. The molecule has 0 amide bonds. The summed E-state index contributed by atoms with van der Waals surface area (Å²) in [5.74, 6) is 0. The molecule has 0 aliphatic carbocycles. The Labute approximate surface area is 330 Å². The topological polar surface area (TPSA) is 26.0 Å². The van der Waals surface area contributed by atoms with Gasteiger partial charge in [-0.25, -0.2) is 0 Å². The normalized spacial score (nSPS) is 11.5. The summed E-state index contributed by atoms with van der Waals surface area (Å²) in [4.78, 5) is 7.14. The molecule has 4 nitrogen and oxygen atoms in total. The van der Waals surface area contributed by atoms with Gasteiger partial charge < -0.3 is 14.0 Å². The third-order valence-electron chi connectivity index (χ3n) is 11.1. The Morgan fingerprint density at radius 3 is 1.11 bits per heavy atom. The van der Waals surface area contributed by atoms with E-state index in [0.29, 0.717) is 0 Å². The summed E-state index contributed by atoms with van der Waals surface area (Å²) >= 11 is 0. The molecule has 268 valence electrons. The van der Waals surface area contributed by atoms with Crippen LogP contribution in [0.1, 0.15) is 0 Å². The lowest BCUT2D eigenvalue weighted by Crippen LogP contribution is -2.09. The van der Waals surface area contributed by atoms with E-state index in [-0.39, 0.29) is 0 Å². The quantitative estimate of drug-likeness (QED) is 0.163. The number of benzene rings is 8. The number of nitrogens with zero attached hydrogens (tertiary/aromatic N) is 4. The molecule has 0 N–H and O–H groups in total. The minimum atomic E-state index is 1.05. The lowest BCUT2D eigenvalue weighted by atomic mass is 10.0. The third kappa shape index (κ3) is 5.58. The van der Waals surface area contributed by atoms with E-state index in [1.807, 2.05) is 12.4 Å². The van der Waals surface area contributed by atoms with Gasteiger partial charge in [0.15, 0.2) is 0 Å². The summed E-state index contributed by atoms with van der Waals surface area (Å²) in [5.41, 5.74) is 14.5. The first-order valence-electron chi connectivity index (χ1n) is 19.4. The van der Waals surface area contributed by atoms with Gasteiger partial charge in [0.1, 0.15) is 0 Å². The average molecular weight is 729 g/mol. The molecule has 3 heterocycles. The van der Waals surface area contributed by atoms with Crippen molar-refractivity contribution in [1.29, 1.82) is 0 Å². The van der Waals surface area contributed by atoms with Crippen LogP contribution < -0.4 is 4.90 Å². The molecule has 0 fully saturated rings. The first-order valence-corrected chi connectivity index (χ1v) is 19.4. The Balaban J connectivity index is 1.08. The molecule has 0 bridgehead atoms. The van der Waals surface area contributed by atoms with E-state index in [1.165, 1.54) is 43.6 Å². The van der Waals surface area contributed by atoms with Gasteiger partial charge in [-0.1, -0.05) is 121 Å². The monoisotopic (exact) mass is 728 g/mol.